The van der Waals surface area contributed by atoms with Crippen molar-refractivity contribution in [3.05, 3.63) is 229 Å². The van der Waals surface area contributed by atoms with Crippen LogP contribution < -0.4 is 0 Å². The molecule has 0 spiro atoms. The van der Waals surface area contributed by atoms with Crippen LogP contribution in [0.25, 0.3) is 106 Å². The largest absolute Gasteiger partial charge is 0.309 e. The molecule has 294 valence electrons. The Morgan fingerprint density at radius 2 is 0.778 bits per heavy atom. The number of para-hydroxylation sites is 2. The first-order valence-corrected chi connectivity index (χ1v) is 21.7. The van der Waals surface area contributed by atoms with Gasteiger partial charge >= 0.3 is 0 Å². The van der Waals surface area contributed by atoms with E-state index in [-0.39, 0.29) is 0 Å². The Balaban J connectivity index is 0.931. The second-order valence-electron chi connectivity index (χ2n) is 16.7. The van der Waals surface area contributed by atoms with Gasteiger partial charge in [0.1, 0.15) is 0 Å². The van der Waals surface area contributed by atoms with Crippen molar-refractivity contribution >= 4 is 21.8 Å². The molecule has 2 aliphatic rings. The van der Waals surface area contributed by atoms with E-state index in [0.717, 1.165) is 35.1 Å². The van der Waals surface area contributed by atoms with Gasteiger partial charge < -0.3 is 4.57 Å². The van der Waals surface area contributed by atoms with Crippen LogP contribution in [0.5, 0.6) is 0 Å². The number of fused-ring (bicyclic) bond motifs is 9. The minimum absolute atomic E-state index is 0.654. The van der Waals surface area contributed by atoms with Crippen molar-refractivity contribution in [1.82, 2.24) is 19.5 Å². The summed E-state index contributed by atoms with van der Waals surface area (Å²) in [5, 5.41) is 2.55. The summed E-state index contributed by atoms with van der Waals surface area (Å²) < 4.78 is 2.43. The molecule has 0 N–H and O–H groups in total. The van der Waals surface area contributed by atoms with Crippen molar-refractivity contribution in [2.45, 2.75) is 12.8 Å². The second-order valence-corrected chi connectivity index (χ2v) is 16.7. The number of hydrogen-bond donors (Lipinski definition) is 0. The molecule has 0 saturated carbocycles. The maximum absolute atomic E-state index is 5.25. The third kappa shape index (κ3) is 5.79. The molecule has 2 aliphatic carbocycles. The van der Waals surface area contributed by atoms with E-state index >= 15 is 0 Å². The maximum Gasteiger partial charge on any atom is 0.164 e. The molecule has 0 fully saturated rings. The van der Waals surface area contributed by atoms with Gasteiger partial charge in [0, 0.05) is 33.2 Å². The summed E-state index contributed by atoms with van der Waals surface area (Å²) in [5.41, 5.74) is 21.8. The van der Waals surface area contributed by atoms with Crippen molar-refractivity contribution in [3.63, 3.8) is 0 Å². The van der Waals surface area contributed by atoms with Gasteiger partial charge in [0.15, 0.2) is 17.5 Å². The smallest absolute Gasteiger partial charge is 0.164 e. The molecule has 63 heavy (non-hydrogen) atoms. The SMILES string of the molecule is c1ccc(-c2ccc(-c3nc(-c4ccccc4)nc(-c4cccc5c4-c4cc(-c6cccc7c6-c6cc(-n8c9ccccc9c9ccccc98)ccc6C7)ccc4C5)n3)cc2)cc1. The van der Waals surface area contributed by atoms with Gasteiger partial charge in [-0.05, 0) is 110 Å². The van der Waals surface area contributed by atoms with Crippen molar-refractivity contribution < 1.29 is 0 Å². The third-order valence-corrected chi connectivity index (χ3v) is 13.1. The lowest BCUT2D eigenvalue weighted by atomic mass is 9.91. The van der Waals surface area contributed by atoms with Gasteiger partial charge in [-0.3, -0.25) is 0 Å². The van der Waals surface area contributed by atoms with Crippen molar-refractivity contribution in [2.75, 3.05) is 0 Å². The van der Waals surface area contributed by atoms with Crippen LogP contribution in [0.4, 0.5) is 0 Å². The minimum Gasteiger partial charge on any atom is -0.309 e. The monoisotopic (exact) mass is 802 g/mol. The van der Waals surface area contributed by atoms with E-state index in [1.807, 2.05) is 24.3 Å². The Morgan fingerprint density at radius 1 is 0.302 bits per heavy atom. The first kappa shape index (κ1) is 35.5. The molecule has 0 radical (unpaired) electrons. The minimum atomic E-state index is 0.654. The fraction of sp³-hybridized carbons (Fsp3) is 0.0339. The van der Waals surface area contributed by atoms with Gasteiger partial charge in [0.2, 0.25) is 0 Å². The van der Waals surface area contributed by atoms with Crippen LogP contribution in [0.1, 0.15) is 22.3 Å². The zero-order valence-electron chi connectivity index (χ0n) is 34.3. The third-order valence-electron chi connectivity index (χ3n) is 13.1. The Bertz CT molecular complexity index is 3550. The zero-order valence-corrected chi connectivity index (χ0v) is 34.3. The topological polar surface area (TPSA) is 43.6 Å². The van der Waals surface area contributed by atoms with Crippen LogP contribution in [-0.4, -0.2) is 19.5 Å². The summed E-state index contributed by atoms with van der Waals surface area (Å²) in [7, 11) is 0. The van der Waals surface area contributed by atoms with Gasteiger partial charge in [0.25, 0.3) is 0 Å². The first-order chi connectivity index (χ1) is 31.2. The number of benzene rings is 9. The highest BCUT2D eigenvalue weighted by atomic mass is 15.0. The molecule has 4 heteroatoms. The van der Waals surface area contributed by atoms with Gasteiger partial charge in [-0.2, -0.15) is 0 Å². The first-order valence-electron chi connectivity index (χ1n) is 21.7. The van der Waals surface area contributed by atoms with Crippen LogP contribution in [-0.2, 0) is 12.8 Å². The number of hydrogen-bond acceptors (Lipinski definition) is 3. The molecular formula is C59H38N4. The lowest BCUT2D eigenvalue weighted by Gasteiger charge is -2.15. The average molecular weight is 803 g/mol. The van der Waals surface area contributed by atoms with E-state index in [1.54, 1.807) is 0 Å². The predicted octanol–water partition coefficient (Wildman–Crippen LogP) is 14.4. The van der Waals surface area contributed by atoms with Crippen LogP contribution in [0.3, 0.4) is 0 Å². The lowest BCUT2D eigenvalue weighted by Crippen LogP contribution is -2.01. The fourth-order valence-corrected chi connectivity index (χ4v) is 10.2. The quantitative estimate of drug-likeness (QED) is 0.168. The van der Waals surface area contributed by atoms with E-state index in [2.05, 4.69) is 187 Å². The molecule has 0 unspecified atom stereocenters. The Morgan fingerprint density at radius 3 is 1.44 bits per heavy atom. The summed E-state index contributed by atoms with van der Waals surface area (Å²) in [4.78, 5) is 15.5. The van der Waals surface area contributed by atoms with Crippen LogP contribution in [0.2, 0.25) is 0 Å². The maximum atomic E-state index is 5.25. The van der Waals surface area contributed by atoms with E-state index in [0.29, 0.717) is 17.5 Å². The van der Waals surface area contributed by atoms with Gasteiger partial charge in [-0.25, -0.2) is 15.0 Å². The molecule has 2 heterocycles. The van der Waals surface area contributed by atoms with Gasteiger partial charge in [-0.15, -0.1) is 0 Å². The Kier molecular flexibility index (Phi) is 8.00. The zero-order chi connectivity index (χ0) is 41.4. The lowest BCUT2D eigenvalue weighted by molar-refractivity contribution is 1.07. The molecule has 0 atom stereocenters. The number of aromatic nitrogens is 4. The Hall–Kier alpha value is -8.21. The molecule has 0 bridgehead atoms. The second kappa shape index (κ2) is 14.2. The molecule has 0 aliphatic heterocycles. The molecule has 0 saturated heterocycles. The van der Waals surface area contributed by atoms with Gasteiger partial charge in [0.05, 0.1) is 11.0 Å². The molecule has 2 aromatic heterocycles. The number of nitrogens with zero attached hydrogens (tertiary/aromatic N) is 4. The standard InChI is InChI=1S/C59H38N4/c1-3-13-37(14-4-1)38-25-27-40(28-26-38)58-60-57(39-15-5-2-6-16-39)61-59(62-58)50-22-12-18-45-33-41-29-30-43(35-51(41)56(45)50)47-21-11-17-44-34-42-31-32-46(36-52(42)55(44)47)63-53-23-9-7-19-48(53)49-20-8-10-24-54(49)63/h1-32,35-36H,33-34H2. The van der Waals surface area contributed by atoms with E-state index in [1.165, 1.54) is 88.7 Å². The van der Waals surface area contributed by atoms with E-state index < -0.39 is 0 Å². The Labute approximate surface area is 365 Å². The highest BCUT2D eigenvalue weighted by Gasteiger charge is 2.27. The molecule has 0 amide bonds. The molecule has 13 rings (SSSR count). The summed E-state index contributed by atoms with van der Waals surface area (Å²) in [6.45, 7) is 0. The van der Waals surface area contributed by atoms with Gasteiger partial charge in [-0.1, -0.05) is 176 Å². The van der Waals surface area contributed by atoms with E-state index in [4.69, 9.17) is 15.0 Å². The summed E-state index contributed by atoms with van der Waals surface area (Å²) in [6, 6.07) is 74.3. The van der Waals surface area contributed by atoms with E-state index in [9.17, 15) is 0 Å². The molecule has 4 nitrogen and oxygen atoms in total. The van der Waals surface area contributed by atoms with Crippen LogP contribution in [0.15, 0.2) is 206 Å². The summed E-state index contributed by atoms with van der Waals surface area (Å²) in [5.74, 6) is 1.99. The van der Waals surface area contributed by atoms with Crippen LogP contribution >= 0.6 is 0 Å². The molecule has 11 aromatic rings. The molecule has 9 aromatic carbocycles. The van der Waals surface area contributed by atoms with Crippen molar-refractivity contribution in [1.29, 1.82) is 0 Å². The van der Waals surface area contributed by atoms with Crippen LogP contribution in [0, 0.1) is 0 Å². The normalized spacial score (nSPS) is 12.3. The fourth-order valence-electron chi connectivity index (χ4n) is 10.2. The molecular weight excluding hydrogens is 765 g/mol. The highest BCUT2D eigenvalue weighted by molar-refractivity contribution is 6.09. The number of rotatable bonds is 6. The average Bonchev–Trinajstić information content (AvgIpc) is 4.03. The highest BCUT2D eigenvalue weighted by Crippen LogP contribution is 2.48. The predicted molar refractivity (Wildman–Crippen MR) is 258 cm³/mol. The summed E-state index contributed by atoms with van der Waals surface area (Å²) >= 11 is 0. The van der Waals surface area contributed by atoms with Crippen molar-refractivity contribution in [3.8, 4) is 84.4 Å². The summed E-state index contributed by atoms with van der Waals surface area (Å²) in [6.07, 6.45) is 1.78. The van der Waals surface area contributed by atoms with Crippen molar-refractivity contribution in [2.24, 2.45) is 0 Å².